The number of rotatable bonds is 5. The first kappa shape index (κ1) is 14.2. The van der Waals surface area contributed by atoms with E-state index in [1.54, 1.807) is 0 Å². The number of nitro groups is 1. The van der Waals surface area contributed by atoms with Crippen LogP contribution in [0.1, 0.15) is 25.7 Å². The van der Waals surface area contributed by atoms with E-state index in [9.17, 15) is 10.1 Å². The summed E-state index contributed by atoms with van der Waals surface area (Å²) >= 11 is 0. The van der Waals surface area contributed by atoms with E-state index in [1.807, 2.05) is 30.3 Å². The van der Waals surface area contributed by atoms with Gasteiger partial charge in [-0.3, -0.25) is 10.1 Å². The Bertz CT molecular complexity index is 656. The monoisotopic (exact) mass is 299 g/mol. The molecule has 0 atom stereocenters. The standard InChI is InChI=1S/C15H17N5O2/c21-20(22)13-14(18-11-6-2-1-3-7-11)16-10-17-15(13)19-12-8-4-5-9-12/h1-3,6-7,10,12H,4-5,8-9H2,(H2,16,17,18,19). The lowest BCUT2D eigenvalue weighted by Crippen LogP contribution is -2.17. The minimum Gasteiger partial charge on any atom is -0.361 e. The summed E-state index contributed by atoms with van der Waals surface area (Å²) in [5, 5.41) is 17.6. The van der Waals surface area contributed by atoms with Gasteiger partial charge in [-0.2, -0.15) is 0 Å². The average molecular weight is 299 g/mol. The molecule has 0 bridgehead atoms. The van der Waals surface area contributed by atoms with Gasteiger partial charge in [0.25, 0.3) is 0 Å². The van der Waals surface area contributed by atoms with E-state index in [1.165, 1.54) is 6.33 Å². The molecule has 1 aromatic carbocycles. The van der Waals surface area contributed by atoms with Gasteiger partial charge in [0.15, 0.2) is 0 Å². The lowest BCUT2D eigenvalue weighted by molar-refractivity contribution is -0.383. The smallest absolute Gasteiger partial charge is 0.353 e. The first-order chi connectivity index (χ1) is 10.7. The Balaban J connectivity index is 1.90. The lowest BCUT2D eigenvalue weighted by atomic mass is 10.2. The summed E-state index contributed by atoms with van der Waals surface area (Å²) in [6, 6.07) is 9.50. The van der Waals surface area contributed by atoms with Gasteiger partial charge in [-0.25, -0.2) is 9.97 Å². The molecule has 0 saturated heterocycles. The van der Waals surface area contributed by atoms with Crippen LogP contribution in [0.3, 0.4) is 0 Å². The molecule has 1 aromatic heterocycles. The van der Waals surface area contributed by atoms with E-state index in [2.05, 4.69) is 20.6 Å². The summed E-state index contributed by atoms with van der Waals surface area (Å²) in [7, 11) is 0. The number of aromatic nitrogens is 2. The molecule has 2 aromatic rings. The fourth-order valence-electron chi connectivity index (χ4n) is 2.67. The SMILES string of the molecule is O=[N+]([O-])c1c(Nc2ccccc2)ncnc1NC1CCCC1. The van der Waals surface area contributed by atoms with Crippen molar-refractivity contribution >= 4 is 23.0 Å². The number of hydrogen-bond acceptors (Lipinski definition) is 6. The highest BCUT2D eigenvalue weighted by Gasteiger charge is 2.26. The maximum absolute atomic E-state index is 11.5. The van der Waals surface area contributed by atoms with Crippen molar-refractivity contribution in [3.8, 4) is 0 Å². The summed E-state index contributed by atoms with van der Waals surface area (Å²) in [5.74, 6) is 0.483. The van der Waals surface area contributed by atoms with Crippen LogP contribution in [-0.2, 0) is 0 Å². The van der Waals surface area contributed by atoms with Crippen LogP contribution in [-0.4, -0.2) is 20.9 Å². The predicted molar refractivity (Wildman–Crippen MR) is 84.3 cm³/mol. The van der Waals surface area contributed by atoms with Crippen LogP contribution in [0.5, 0.6) is 0 Å². The molecule has 1 fully saturated rings. The van der Waals surface area contributed by atoms with Gasteiger partial charge in [0, 0.05) is 11.7 Å². The van der Waals surface area contributed by atoms with Crippen LogP contribution in [0.15, 0.2) is 36.7 Å². The molecule has 0 spiro atoms. The van der Waals surface area contributed by atoms with Crippen molar-refractivity contribution in [3.63, 3.8) is 0 Å². The largest absolute Gasteiger partial charge is 0.361 e. The molecule has 0 aliphatic heterocycles. The molecule has 1 heterocycles. The van der Waals surface area contributed by atoms with Gasteiger partial charge in [0.1, 0.15) is 6.33 Å². The number of para-hydroxylation sites is 1. The summed E-state index contributed by atoms with van der Waals surface area (Å²) in [6.45, 7) is 0. The Labute approximate surface area is 127 Å². The highest BCUT2D eigenvalue weighted by atomic mass is 16.6. The zero-order chi connectivity index (χ0) is 15.4. The number of benzene rings is 1. The lowest BCUT2D eigenvalue weighted by Gasteiger charge is -2.14. The second-order valence-electron chi connectivity index (χ2n) is 5.29. The second kappa shape index (κ2) is 6.38. The number of nitrogens with zero attached hydrogens (tertiary/aromatic N) is 3. The minimum absolute atomic E-state index is 0.113. The summed E-state index contributed by atoms with van der Waals surface area (Å²) < 4.78 is 0. The molecule has 7 heteroatoms. The van der Waals surface area contributed by atoms with Gasteiger partial charge >= 0.3 is 5.69 Å². The summed E-state index contributed by atoms with van der Waals surface area (Å²) in [5.41, 5.74) is 0.634. The first-order valence-corrected chi connectivity index (χ1v) is 7.32. The molecule has 2 N–H and O–H groups in total. The molecule has 0 unspecified atom stereocenters. The van der Waals surface area contributed by atoms with Gasteiger partial charge in [0.05, 0.1) is 4.92 Å². The van der Waals surface area contributed by atoms with Crippen LogP contribution in [0, 0.1) is 10.1 Å². The zero-order valence-electron chi connectivity index (χ0n) is 12.0. The van der Waals surface area contributed by atoms with Crippen molar-refractivity contribution < 1.29 is 4.92 Å². The van der Waals surface area contributed by atoms with Crippen molar-refractivity contribution in [1.29, 1.82) is 0 Å². The van der Waals surface area contributed by atoms with E-state index in [-0.39, 0.29) is 23.4 Å². The molecule has 1 aliphatic rings. The summed E-state index contributed by atoms with van der Waals surface area (Å²) in [4.78, 5) is 19.1. The maximum atomic E-state index is 11.5. The topological polar surface area (TPSA) is 93.0 Å². The second-order valence-corrected chi connectivity index (χ2v) is 5.29. The Hall–Kier alpha value is -2.70. The molecule has 1 aliphatic carbocycles. The molecule has 0 amide bonds. The van der Waals surface area contributed by atoms with Gasteiger partial charge in [0.2, 0.25) is 11.6 Å². The van der Waals surface area contributed by atoms with E-state index in [4.69, 9.17) is 0 Å². The fourth-order valence-corrected chi connectivity index (χ4v) is 2.67. The number of hydrogen-bond donors (Lipinski definition) is 2. The van der Waals surface area contributed by atoms with Crippen LogP contribution < -0.4 is 10.6 Å². The quantitative estimate of drug-likeness (QED) is 0.648. The molecule has 114 valence electrons. The molecular formula is C15H17N5O2. The molecular weight excluding hydrogens is 282 g/mol. The van der Waals surface area contributed by atoms with Crippen LogP contribution >= 0.6 is 0 Å². The van der Waals surface area contributed by atoms with E-state index in [0.29, 0.717) is 0 Å². The highest BCUT2D eigenvalue weighted by Crippen LogP contribution is 2.33. The molecule has 0 radical (unpaired) electrons. The third-order valence-electron chi connectivity index (χ3n) is 3.74. The summed E-state index contributed by atoms with van der Waals surface area (Å²) in [6.07, 6.45) is 5.66. The van der Waals surface area contributed by atoms with E-state index >= 15 is 0 Å². The minimum atomic E-state index is -0.442. The van der Waals surface area contributed by atoms with E-state index < -0.39 is 4.92 Å². The molecule has 7 nitrogen and oxygen atoms in total. The van der Waals surface area contributed by atoms with E-state index in [0.717, 1.165) is 31.4 Å². The van der Waals surface area contributed by atoms with Gasteiger partial charge in [-0.05, 0) is 25.0 Å². The third kappa shape index (κ3) is 3.13. The van der Waals surface area contributed by atoms with Crippen molar-refractivity contribution in [2.45, 2.75) is 31.7 Å². The van der Waals surface area contributed by atoms with Crippen molar-refractivity contribution in [2.24, 2.45) is 0 Å². The molecule has 22 heavy (non-hydrogen) atoms. The Morgan fingerprint density at radius 3 is 2.45 bits per heavy atom. The Morgan fingerprint density at radius 2 is 1.77 bits per heavy atom. The van der Waals surface area contributed by atoms with Crippen LogP contribution in [0.25, 0.3) is 0 Å². The Morgan fingerprint density at radius 1 is 1.09 bits per heavy atom. The zero-order valence-corrected chi connectivity index (χ0v) is 12.0. The predicted octanol–water partition coefficient (Wildman–Crippen LogP) is 3.48. The van der Waals surface area contributed by atoms with Gasteiger partial charge in [-0.1, -0.05) is 31.0 Å². The normalized spacial score (nSPS) is 14.7. The first-order valence-electron chi connectivity index (χ1n) is 7.32. The number of anilines is 3. The van der Waals surface area contributed by atoms with Crippen molar-refractivity contribution in [2.75, 3.05) is 10.6 Å². The van der Waals surface area contributed by atoms with Crippen molar-refractivity contribution in [1.82, 2.24) is 9.97 Å². The van der Waals surface area contributed by atoms with Gasteiger partial charge in [-0.15, -0.1) is 0 Å². The fraction of sp³-hybridized carbons (Fsp3) is 0.333. The van der Waals surface area contributed by atoms with Crippen LogP contribution in [0.2, 0.25) is 0 Å². The van der Waals surface area contributed by atoms with Crippen LogP contribution in [0.4, 0.5) is 23.0 Å². The number of nitrogens with one attached hydrogen (secondary N) is 2. The third-order valence-corrected chi connectivity index (χ3v) is 3.74. The average Bonchev–Trinajstić information content (AvgIpc) is 3.01. The molecule has 1 saturated carbocycles. The van der Waals surface area contributed by atoms with Gasteiger partial charge < -0.3 is 10.6 Å². The molecule has 3 rings (SSSR count). The van der Waals surface area contributed by atoms with Crippen molar-refractivity contribution in [3.05, 3.63) is 46.8 Å². The maximum Gasteiger partial charge on any atom is 0.353 e. The Kier molecular flexibility index (Phi) is 4.13. The highest BCUT2D eigenvalue weighted by molar-refractivity contribution is 5.73.